The molecule has 6 heteroatoms. The maximum Gasteiger partial charge on any atom is 0.251 e. The highest BCUT2D eigenvalue weighted by Gasteiger charge is 2.10. The minimum Gasteiger partial charge on any atom is -0.508 e. The Morgan fingerprint density at radius 1 is 1.09 bits per heavy atom. The van der Waals surface area contributed by atoms with E-state index in [1.165, 1.54) is 0 Å². The first-order valence-electron chi connectivity index (χ1n) is 7.29. The molecule has 0 saturated heterocycles. The maximum atomic E-state index is 12.1. The molecule has 2 aromatic carbocycles. The molecule has 0 aliphatic heterocycles. The number of sulfone groups is 1. The third-order valence-corrected chi connectivity index (χ3v) is 5.17. The van der Waals surface area contributed by atoms with Gasteiger partial charge in [0.05, 0.1) is 5.75 Å². The van der Waals surface area contributed by atoms with Gasteiger partial charge in [-0.2, -0.15) is 0 Å². The van der Waals surface area contributed by atoms with E-state index in [1.54, 1.807) is 49.4 Å². The summed E-state index contributed by atoms with van der Waals surface area (Å²) in [4.78, 5) is 12.1. The van der Waals surface area contributed by atoms with Crippen LogP contribution in [0.4, 0.5) is 0 Å². The van der Waals surface area contributed by atoms with E-state index in [0.29, 0.717) is 5.56 Å². The van der Waals surface area contributed by atoms with Crippen LogP contribution in [0.3, 0.4) is 0 Å². The topological polar surface area (TPSA) is 83.5 Å². The van der Waals surface area contributed by atoms with Gasteiger partial charge in [0.25, 0.3) is 5.91 Å². The van der Waals surface area contributed by atoms with Crippen LogP contribution in [0, 0.1) is 0 Å². The molecule has 122 valence electrons. The minimum atomic E-state index is -3.09. The predicted octanol–water partition coefficient (Wildman–Crippen LogP) is 2.22. The van der Waals surface area contributed by atoms with Crippen molar-refractivity contribution in [3.63, 3.8) is 0 Å². The van der Waals surface area contributed by atoms with Crippen LogP contribution in [-0.2, 0) is 9.84 Å². The van der Waals surface area contributed by atoms with Gasteiger partial charge in [0.2, 0.25) is 0 Å². The molecule has 0 radical (unpaired) electrons. The van der Waals surface area contributed by atoms with Crippen molar-refractivity contribution in [3.05, 3.63) is 54.1 Å². The van der Waals surface area contributed by atoms with E-state index in [4.69, 9.17) is 0 Å². The fraction of sp³-hybridized carbons (Fsp3) is 0.235. The third kappa shape index (κ3) is 4.82. The number of amides is 1. The summed E-state index contributed by atoms with van der Waals surface area (Å²) in [5, 5.41) is 11.9. The Hall–Kier alpha value is -2.34. The number of carbonyl (C=O) groups is 1. The lowest BCUT2D eigenvalue weighted by Gasteiger charge is -2.07. The van der Waals surface area contributed by atoms with Crippen molar-refractivity contribution in [2.24, 2.45) is 0 Å². The second-order valence-electron chi connectivity index (χ2n) is 5.12. The smallest absolute Gasteiger partial charge is 0.251 e. The number of hydrogen-bond donors (Lipinski definition) is 2. The molecule has 0 saturated carbocycles. The lowest BCUT2D eigenvalue weighted by molar-refractivity contribution is 0.0956. The number of benzene rings is 2. The lowest BCUT2D eigenvalue weighted by Crippen LogP contribution is -2.29. The zero-order chi connectivity index (χ0) is 16.9. The van der Waals surface area contributed by atoms with E-state index in [1.807, 2.05) is 6.07 Å². The number of aromatic hydroxyl groups is 1. The molecule has 0 spiro atoms. The molecule has 0 aliphatic carbocycles. The van der Waals surface area contributed by atoms with Crippen molar-refractivity contribution in [1.82, 2.24) is 5.32 Å². The summed E-state index contributed by atoms with van der Waals surface area (Å²) in [6.07, 6.45) is 0. The van der Waals surface area contributed by atoms with Crippen molar-refractivity contribution in [3.8, 4) is 16.9 Å². The number of rotatable bonds is 6. The second kappa shape index (κ2) is 7.28. The number of phenolic OH excluding ortho intramolecular Hbond substituents is 1. The molecule has 0 unspecified atom stereocenters. The zero-order valence-corrected chi connectivity index (χ0v) is 13.6. The van der Waals surface area contributed by atoms with Gasteiger partial charge in [0.15, 0.2) is 9.84 Å². The van der Waals surface area contributed by atoms with Gasteiger partial charge in [-0.05, 0) is 35.4 Å². The van der Waals surface area contributed by atoms with Crippen molar-refractivity contribution in [2.45, 2.75) is 6.92 Å². The Morgan fingerprint density at radius 2 is 1.78 bits per heavy atom. The van der Waals surface area contributed by atoms with E-state index in [2.05, 4.69) is 5.32 Å². The summed E-state index contributed by atoms with van der Waals surface area (Å²) in [5.74, 6) is -0.122. The molecular weight excluding hydrogens is 314 g/mol. The Morgan fingerprint density at radius 3 is 2.43 bits per heavy atom. The Kier molecular flexibility index (Phi) is 5.39. The molecule has 23 heavy (non-hydrogen) atoms. The van der Waals surface area contributed by atoms with Crippen molar-refractivity contribution in [1.29, 1.82) is 0 Å². The highest BCUT2D eigenvalue weighted by atomic mass is 32.2. The highest BCUT2D eigenvalue weighted by Crippen LogP contribution is 2.22. The zero-order valence-electron chi connectivity index (χ0n) is 12.8. The van der Waals surface area contributed by atoms with Crippen molar-refractivity contribution < 1.29 is 18.3 Å². The van der Waals surface area contributed by atoms with E-state index in [0.717, 1.165) is 11.1 Å². The number of phenols is 1. The highest BCUT2D eigenvalue weighted by molar-refractivity contribution is 7.91. The Bertz CT molecular complexity index is 782. The minimum absolute atomic E-state index is 0.0626. The molecule has 5 nitrogen and oxygen atoms in total. The molecule has 1 amide bonds. The van der Waals surface area contributed by atoms with Gasteiger partial charge in [0.1, 0.15) is 5.75 Å². The fourth-order valence-corrected chi connectivity index (χ4v) is 2.76. The van der Waals surface area contributed by atoms with Crippen LogP contribution in [0.15, 0.2) is 48.5 Å². The quantitative estimate of drug-likeness (QED) is 0.849. The summed E-state index contributed by atoms with van der Waals surface area (Å²) in [5.41, 5.74) is 2.19. The normalized spacial score (nSPS) is 11.2. The molecule has 0 atom stereocenters. The van der Waals surface area contributed by atoms with Crippen molar-refractivity contribution in [2.75, 3.05) is 18.1 Å². The summed E-state index contributed by atoms with van der Waals surface area (Å²) in [6.45, 7) is 1.68. The molecule has 2 N–H and O–H groups in total. The van der Waals surface area contributed by atoms with E-state index in [-0.39, 0.29) is 29.7 Å². The third-order valence-electron chi connectivity index (χ3n) is 3.46. The number of carbonyl (C=O) groups excluding carboxylic acids is 1. The Labute approximate surface area is 135 Å². The molecule has 0 aliphatic rings. The van der Waals surface area contributed by atoms with Crippen LogP contribution >= 0.6 is 0 Å². The molecule has 0 aromatic heterocycles. The standard InChI is InChI=1S/C17H19NO4S/c1-2-23(21,22)11-10-18-17(20)15-5-3-4-14(12-15)13-6-8-16(19)9-7-13/h3-9,12,19H,2,10-11H2,1H3,(H,18,20). The predicted molar refractivity (Wildman–Crippen MR) is 90.2 cm³/mol. The van der Waals surface area contributed by atoms with E-state index in [9.17, 15) is 18.3 Å². The molecule has 2 aromatic rings. The van der Waals surface area contributed by atoms with E-state index >= 15 is 0 Å². The van der Waals surface area contributed by atoms with Gasteiger partial charge in [-0.15, -0.1) is 0 Å². The monoisotopic (exact) mass is 333 g/mol. The van der Waals surface area contributed by atoms with Gasteiger partial charge in [-0.1, -0.05) is 31.2 Å². The summed E-state index contributed by atoms with van der Waals surface area (Å²) in [7, 11) is -3.09. The van der Waals surface area contributed by atoms with Gasteiger partial charge in [-0.25, -0.2) is 8.42 Å². The summed E-state index contributed by atoms with van der Waals surface area (Å²) in [6, 6.07) is 13.7. The lowest BCUT2D eigenvalue weighted by atomic mass is 10.0. The average molecular weight is 333 g/mol. The summed E-state index contributed by atoms with van der Waals surface area (Å²) >= 11 is 0. The van der Waals surface area contributed by atoms with Crippen LogP contribution in [0.2, 0.25) is 0 Å². The van der Waals surface area contributed by atoms with Gasteiger partial charge in [0, 0.05) is 17.9 Å². The first-order valence-corrected chi connectivity index (χ1v) is 9.11. The largest absolute Gasteiger partial charge is 0.508 e. The van der Waals surface area contributed by atoms with Crippen LogP contribution in [-0.4, -0.2) is 37.5 Å². The fourth-order valence-electron chi connectivity index (χ4n) is 2.06. The molecule has 0 heterocycles. The first kappa shape index (κ1) is 17.0. The van der Waals surface area contributed by atoms with Crippen LogP contribution in [0.25, 0.3) is 11.1 Å². The van der Waals surface area contributed by atoms with Crippen molar-refractivity contribution >= 4 is 15.7 Å². The maximum absolute atomic E-state index is 12.1. The first-order chi connectivity index (χ1) is 10.9. The molecule has 0 fully saturated rings. The van der Waals surface area contributed by atoms with Gasteiger partial charge in [-0.3, -0.25) is 4.79 Å². The summed E-state index contributed by atoms with van der Waals surface area (Å²) < 4.78 is 22.8. The van der Waals surface area contributed by atoms with Crippen LogP contribution in [0.5, 0.6) is 5.75 Å². The molecular formula is C17H19NO4S. The number of hydrogen-bond acceptors (Lipinski definition) is 4. The molecule has 0 bridgehead atoms. The average Bonchev–Trinajstić information content (AvgIpc) is 2.55. The SMILES string of the molecule is CCS(=O)(=O)CCNC(=O)c1cccc(-c2ccc(O)cc2)c1. The molecule has 2 rings (SSSR count). The second-order valence-corrected chi connectivity index (χ2v) is 7.59. The van der Waals surface area contributed by atoms with Gasteiger partial charge < -0.3 is 10.4 Å². The van der Waals surface area contributed by atoms with Crippen LogP contribution in [0.1, 0.15) is 17.3 Å². The van der Waals surface area contributed by atoms with Gasteiger partial charge >= 0.3 is 0 Å². The Balaban J connectivity index is 2.07. The van der Waals surface area contributed by atoms with Crippen LogP contribution < -0.4 is 5.32 Å². The van der Waals surface area contributed by atoms with E-state index < -0.39 is 9.84 Å². The number of nitrogens with one attached hydrogen (secondary N) is 1.